The van der Waals surface area contributed by atoms with Crippen molar-refractivity contribution in [3.8, 4) is 0 Å². The van der Waals surface area contributed by atoms with Crippen LogP contribution in [0.15, 0.2) is 6.07 Å². The molecule has 5 nitrogen and oxygen atoms in total. The van der Waals surface area contributed by atoms with Gasteiger partial charge in [0.1, 0.15) is 16.8 Å². The average Bonchev–Trinajstić information content (AvgIpc) is 2.27. The van der Waals surface area contributed by atoms with Gasteiger partial charge in [0.15, 0.2) is 0 Å². The van der Waals surface area contributed by atoms with Gasteiger partial charge in [0, 0.05) is 24.6 Å². The number of aromatic nitrogens is 2. The van der Waals surface area contributed by atoms with Crippen molar-refractivity contribution in [3.05, 3.63) is 17.0 Å². The molecule has 100 valence electrons. The third-order valence-electron chi connectivity index (χ3n) is 2.25. The van der Waals surface area contributed by atoms with Crippen LogP contribution in [0.2, 0.25) is 5.15 Å². The topological polar surface area (TPSA) is 66.9 Å². The number of rotatable bonds is 6. The van der Waals surface area contributed by atoms with Crippen LogP contribution in [-0.2, 0) is 10.2 Å². The molecular formula is C12H19ClN4O. The van der Waals surface area contributed by atoms with E-state index in [-0.39, 0.29) is 5.41 Å². The summed E-state index contributed by atoms with van der Waals surface area (Å²) in [6.07, 6.45) is 1.52. The highest BCUT2D eigenvalue weighted by molar-refractivity contribution is 6.29. The van der Waals surface area contributed by atoms with Crippen LogP contribution < -0.4 is 10.6 Å². The van der Waals surface area contributed by atoms with E-state index >= 15 is 0 Å². The van der Waals surface area contributed by atoms with Gasteiger partial charge < -0.3 is 10.6 Å². The summed E-state index contributed by atoms with van der Waals surface area (Å²) < 4.78 is 0. The first-order valence-electron chi connectivity index (χ1n) is 5.89. The maximum Gasteiger partial charge on any atom is 0.207 e. The van der Waals surface area contributed by atoms with Gasteiger partial charge in [-0.3, -0.25) is 4.79 Å². The largest absolute Gasteiger partial charge is 0.370 e. The lowest BCUT2D eigenvalue weighted by Crippen LogP contribution is -2.19. The van der Waals surface area contributed by atoms with Crippen LogP contribution in [0.5, 0.6) is 0 Å². The molecule has 2 N–H and O–H groups in total. The third kappa shape index (κ3) is 4.87. The zero-order chi connectivity index (χ0) is 13.6. The molecule has 0 spiro atoms. The van der Waals surface area contributed by atoms with E-state index in [1.165, 1.54) is 0 Å². The molecule has 0 unspecified atom stereocenters. The first-order valence-corrected chi connectivity index (χ1v) is 6.27. The zero-order valence-electron chi connectivity index (χ0n) is 11.0. The lowest BCUT2D eigenvalue weighted by Gasteiger charge is -2.17. The van der Waals surface area contributed by atoms with Crippen molar-refractivity contribution in [2.24, 2.45) is 0 Å². The van der Waals surface area contributed by atoms with Crippen LogP contribution in [0.25, 0.3) is 0 Å². The summed E-state index contributed by atoms with van der Waals surface area (Å²) in [5, 5.41) is 6.20. The second-order valence-corrected chi connectivity index (χ2v) is 5.39. The Morgan fingerprint density at radius 1 is 1.33 bits per heavy atom. The van der Waals surface area contributed by atoms with Crippen molar-refractivity contribution in [2.45, 2.75) is 32.6 Å². The van der Waals surface area contributed by atoms with Crippen molar-refractivity contribution in [1.29, 1.82) is 0 Å². The van der Waals surface area contributed by atoms with Crippen molar-refractivity contribution in [1.82, 2.24) is 15.3 Å². The molecule has 0 aliphatic heterocycles. The fraction of sp³-hybridized carbons (Fsp3) is 0.583. The molecule has 1 aromatic heterocycles. The first-order chi connectivity index (χ1) is 8.43. The van der Waals surface area contributed by atoms with Gasteiger partial charge in [-0.25, -0.2) is 9.97 Å². The maximum atomic E-state index is 10.1. The molecule has 0 bridgehead atoms. The second kappa shape index (κ2) is 6.54. The van der Waals surface area contributed by atoms with Crippen LogP contribution in [-0.4, -0.2) is 29.5 Å². The monoisotopic (exact) mass is 270 g/mol. The fourth-order valence-corrected chi connectivity index (χ4v) is 1.49. The molecule has 1 heterocycles. The minimum absolute atomic E-state index is 0.138. The van der Waals surface area contributed by atoms with E-state index in [0.717, 1.165) is 13.0 Å². The van der Waals surface area contributed by atoms with Gasteiger partial charge in [0.25, 0.3) is 0 Å². The van der Waals surface area contributed by atoms with Crippen molar-refractivity contribution in [2.75, 3.05) is 18.4 Å². The summed E-state index contributed by atoms with van der Waals surface area (Å²) in [4.78, 5) is 18.7. The predicted molar refractivity (Wildman–Crippen MR) is 72.9 cm³/mol. The summed E-state index contributed by atoms with van der Waals surface area (Å²) in [7, 11) is 0. The SMILES string of the molecule is CC(C)(C)c1nc(Cl)cc(NCCCNC=O)n1. The molecule has 0 fully saturated rings. The maximum absolute atomic E-state index is 10.1. The molecule has 0 saturated carbocycles. The highest BCUT2D eigenvalue weighted by Gasteiger charge is 2.18. The Hall–Kier alpha value is -1.36. The molecule has 1 amide bonds. The number of nitrogens with one attached hydrogen (secondary N) is 2. The number of halogens is 1. The number of carbonyl (C=O) groups is 1. The van der Waals surface area contributed by atoms with Crippen LogP contribution in [0, 0.1) is 0 Å². The van der Waals surface area contributed by atoms with E-state index in [0.29, 0.717) is 29.8 Å². The molecule has 18 heavy (non-hydrogen) atoms. The van der Waals surface area contributed by atoms with Gasteiger partial charge in [0.05, 0.1) is 0 Å². The second-order valence-electron chi connectivity index (χ2n) is 5.00. The van der Waals surface area contributed by atoms with E-state index in [2.05, 4.69) is 20.6 Å². The summed E-state index contributed by atoms with van der Waals surface area (Å²) in [6, 6.07) is 1.70. The highest BCUT2D eigenvalue weighted by atomic mass is 35.5. The van der Waals surface area contributed by atoms with E-state index in [4.69, 9.17) is 11.6 Å². The Balaban J connectivity index is 2.60. The number of amides is 1. The average molecular weight is 271 g/mol. The number of hydrogen-bond donors (Lipinski definition) is 2. The lowest BCUT2D eigenvalue weighted by atomic mass is 9.96. The van der Waals surface area contributed by atoms with Crippen LogP contribution in [0.4, 0.5) is 5.82 Å². The number of anilines is 1. The Kier molecular flexibility index (Phi) is 5.34. The van der Waals surface area contributed by atoms with Gasteiger partial charge in [-0.1, -0.05) is 32.4 Å². The van der Waals surface area contributed by atoms with Gasteiger partial charge in [-0.2, -0.15) is 0 Å². The molecule has 0 atom stereocenters. The lowest BCUT2D eigenvalue weighted by molar-refractivity contribution is -0.109. The third-order valence-corrected chi connectivity index (χ3v) is 2.45. The Labute approximate surface area is 112 Å². The molecular weight excluding hydrogens is 252 g/mol. The molecule has 1 aromatic rings. The molecule has 0 saturated heterocycles. The van der Waals surface area contributed by atoms with Crippen LogP contribution in [0.1, 0.15) is 33.0 Å². The number of carbonyl (C=O) groups excluding carboxylic acids is 1. The number of hydrogen-bond acceptors (Lipinski definition) is 4. The van der Waals surface area contributed by atoms with E-state index in [1.54, 1.807) is 6.07 Å². The van der Waals surface area contributed by atoms with Gasteiger partial charge >= 0.3 is 0 Å². The van der Waals surface area contributed by atoms with Gasteiger partial charge in [-0.05, 0) is 6.42 Å². The standard InChI is InChI=1S/C12H19ClN4O/c1-12(2,3)11-16-9(13)7-10(17-11)15-6-4-5-14-8-18/h7-8H,4-6H2,1-3H3,(H,14,18)(H,15,16,17). The Morgan fingerprint density at radius 2 is 2.06 bits per heavy atom. The summed E-state index contributed by atoms with van der Waals surface area (Å²) in [5.41, 5.74) is -0.138. The number of nitrogens with zero attached hydrogens (tertiary/aromatic N) is 2. The quantitative estimate of drug-likeness (QED) is 0.471. The first kappa shape index (κ1) is 14.7. The van der Waals surface area contributed by atoms with E-state index in [1.807, 2.05) is 20.8 Å². The highest BCUT2D eigenvalue weighted by Crippen LogP contribution is 2.22. The molecule has 0 aliphatic carbocycles. The summed E-state index contributed by atoms with van der Waals surface area (Å²) in [6.45, 7) is 7.47. The van der Waals surface area contributed by atoms with Crippen LogP contribution in [0.3, 0.4) is 0 Å². The van der Waals surface area contributed by atoms with E-state index in [9.17, 15) is 4.79 Å². The molecule has 1 rings (SSSR count). The zero-order valence-corrected chi connectivity index (χ0v) is 11.7. The molecule has 0 aliphatic rings. The van der Waals surface area contributed by atoms with Gasteiger partial charge in [-0.15, -0.1) is 0 Å². The molecule has 0 aromatic carbocycles. The van der Waals surface area contributed by atoms with E-state index < -0.39 is 0 Å². The molecule has 6 heteroatoms. The fourth-order valence-electron chi connectivity index (χ4n) is 1.31. The van der Waals surface area contributed by atoms with Crippen LogP contribution >= 0.6 is 11.6 Å². The Bertz CT molecular complexity index is 404. The Morgan fingerprint density at radius 3 is 2.67 bits per heavy atom. The smallest absolute Gasteiger partial charge is 0.207 e. The van der Waals surface area contributed by atoms with Gasteiger partial charge in [0.2, 0.25) is 6.41 Å². The van der Waals surface area contributed by atoms with Crippen molar-refractivity contribution >= 4 is 23.8 Å². The van der Waals surface area contributed by atoms with Crippen molar-refractivity contribution < 1.29 is 4.79 Å². The summed E-state index contributed by atoms with van der Waals surface area (Å²) in [5.74, 6) is 1.43. The summed E-state index contributed by atoms with van der Waals surface area (Å²) >= 11 is 5.97. The predicted octanol–water partition coefficient (Wildman–Crippen LogP) is 1.98. The molecule has 0 radical (unpaired) electrons. The minimum atomic E-state index is -0.138. The minimum Gasteiger partial charge on any atom is -0.370 e. The normalized spacial score (nSPS) is 11.1. The van der Waals surface area contributed by atoms with Crippen molar-refractivity contribution in [3.63, 3.8) is 0 Å².